The molecule has 1 aliphatic heterocycles. The van der Waals surface area contributed by atoms with Gasteiger partial charge in [0.25, 0.3) is 0 Å². The van der Waals surface area contributed by atoms with Crippen LogP contribution in [0.4, 0.5) is 10.8 Å². The summed E-state index contributed by atoms with van der Waals surface area (Å²) < 4.78 is 0. The van der Waals surface area contributed by atoms with Crippen molar-refractivity contribution < 1.29 is 9.59 Å². The Morgan fingerprint density at radius 2 is 2.19 bits per heavy atom. The Bertz CT molecular complexity index is 841. The number of nitrogens with zero attached hydrogens (tertiary/aromatic N) is 2. The molecule has 5 nitrogen and oxygen atoms in total. The zero-order valence-electron chi connectivity index (χ0n) is 15.0. The molecule has 136 valence electrons. The molecule has 2 heterocycles. The van der Waals surface area contributed by atoms with E-state index in [0.717, 1.165) is 55.6 Å². The predicted octanol–water partition coefficient (Wildman–Crippen LogP) is 4.24. The second-order valence-electron chi connectivity index (χ2n) is 7.04. The number of hydrogen-bond acceptors (Lipinski definition) is 4. The number of hydrogen-bond donors (Lipinski definition) is 1. The topological polar surface area (TPSA) is 62.3 Å². The van der Waals surface area contributed by atoms with Gasteiger partial charge in [0.2, 0.25) is 11.8 Å². The zero-order chi connectivity index (χ0) is 18.1. The third-order valence-corrected chi connectivity index (χ3v) is 6.00. The number of aromatic nitrogens is 1. The van der Waals surface area contributed by atoms with Gasteiger partial charge >= 0.3 is 0 Å². The normalized spacial score (nSPS) is 16.3. The van der Waals surface area contributed by atoms with Crippen molar-refractivity contribution in [1.82, 2.24) is 4.98 Å². The summed E-state index contributed by atoms with van der Waals surface area (Å²) in [5, 5.41) is 5.58. The Labute approximate surface area is 157 Å². The number of carbonyl (C=O) groups excluding carboxylic acids is 2. The van der Waals surface area contributed by atoms with E-state index in [9.17, 15) is 9.59 Å². The molecule has 1 aliphatic carbocycles. The lowest BCUT2D eigenvalue weighted by Crippen LogP contribution is -2.28. The summed E-state index contributed by atoms with van der Waals surface area (Å²) in [6.45, 7) is 2.79. The maximum Gasteiger partial charge on any atom is 0.229 e. The highest BCUT2D eigenvalue weighted by Gasteiger charge is 2.26. The minimum atomic E-state index is 0.0937. The molecule has 6 heteroatoms. The molecule has 2 amide bonds. The van der Waals surface area contributed by atoms with E-state index in [1.807, 2.05) is 29.3 Å². The minimum absolute atomic E-state index is 0.0937. The van der Waals surface area contributed by atoms with Gasteiger partial charge in [0.15, 0.2) is 5.13 Å². The maximum atomic E-state index is 12.2. The number of carbonyl (C=O) groups is 2. The van der Waals surface area contributed by atoms with E-state index in [-0.39, 0.29) is 17.7 Å². The second-order valence-corrected chi connectivity index (χ2v) is 7.90. The molecule has 0 saturated heterocycles. The van der Waals surface area contributed by atoms with Crippen molar-refractivity contribution >= 4 is 34.0 Å². The Hall–Kier alpha value is -2.21. The monoisotopic (exact) mass is 369 g/mol. The summed E-state index contributed by atoms with van der Waals surface area (Å²) >= 11 is 1.46. The fourth-order valence-electron chi connectivity index (χ4n) is 3.51. The van der Waals surface area contributed by atoms with Crippen molar-refractivity contribution in [3.63, 3.8) is 0 Å². The van der Waals surface area contributed by atoms with Gasteiger partial charge in [-0.3, -0.25) is 9.59 Å². The molecule has 0 unspecified atom stereocenters. The van der Waals surface area contributed by atoms with E-state index in [1.54, 1.807) is 0 Å². The van der Waals surface area contributed by atoms with Gasteiger partial charge in [0, 0.05) is 35.5 Å². The lowest BCUT2D eigenvalue weighted by atomic mass is 9.85. The van der Waals surface area contributed by atoms with Gasteiger partial charge < -0.3 is 10.2 Å². The van der Waals surface area contributed by atoms with Gasteiger partial charge in [0.1, 0.15) is 0 Å². The van der Waals surface area contributed by atoms with Crippen molar-refractivity contribution in [2.24, 2.45) is 5.92 Å². The van der Waals surface area contributed by atoms with Crippen molar-refractivity contribution in [1.29, 1.82) is 0 Å². The average molecular weight is 369 g/mol. The number of benzene rings is 1. The van der Waals surface area contributed by atoms with Gasteiger partial charge in [0.05, 0.1) is 5.69 Å². The molecule has 0 radical (unpaired) electrons. The van der Waals surface area contributed by atoms with E-state index in [2.05, 4.69) is 16.4 Å². The van der Waals surface area contributed by atoms with E-state index < -0.39 is 0 Å². The lowest BCUT2D eigenvalue weighted by Gasteiger charge is -2.23. The van der Waals surface area contributed by atoms with Gasteiger partial charge in [-0.1, -0.05) is 19.4 Å². The Balaban J connectivity index is 1.49. The molecule has 1 fully saturated rings. The minimum Gasteiger partial charge on any atom is -0.312 e. The first-order chi connectivity index (χ1) is 12.7. The summed E-state index contributed by atoms with van der Waals surface area (Å²) in [5.41, 5.74) is 4.13. The molecule has 1 saturated carbocycles. The Morgan fingerprint density at radius 3 is 2.92 bits per heavy atom. The third kappa shape index (κ3) is 3.26. The largest absolute Gasteiger partial charge is 0.312 e. The number of thiazole rings is 1. The van der Waals surface area contributed by atoms with Crippen molar-refractivity contribution in [2.45, 2.75) is 45.4 Å². The van der Waals surface area contributed by atoms with Crippen LogP contribution in [0.2, 0.25) is 0 Å². The van der Waals surface area contributed by atoms with E-state index in [1.165, 1.54) is 16.9 Å². The van der Waals surface area contributed by atoms with Crippen LogP contribution < -0.4 is 10.2 Å². The summed E-state index contributed by atoms with van der Waals surface area (Å²) in [6.07, 6.45) is 5.47. The van der Waals surface area contributed by atoms with Crippen LogP contribution in [0.1, 0.15) is 44.6 Å². The smallest absolute Gasteiger partial charge is 0.229 e. The van der Waals surface area contributed by atoms with Crippen LogP contribution in [-0.4, -0.2) is 23.3 Å². The average Bonchev–Trinajstić information content (AvgIpc) is 3.19. The van der Waals surface area contributed by atoms with E-state index in [0.29, 0.717) is 11.6 Å². The standard InChI is InChI=1S/C20H23N3O2S/c1-2-4-18(24)23-10-9-15-11-14(7-8-17(15)23)16-12-26-20(21-16)22-19(25)13-5-3-6-13/h7-8,11-13H,2-6,9-10H2,1H3,(H,21,22,25). The molecule has 2 aromatic rings. The summed E-state index contributed by atoms with van der Waals surface area (Å²) in [5.74, 6) is 0.457. The number of nitrogens with one attached hydrogen (secondary N) is 1. The number of fused-ring (bicyclic) bond motifs is 1. The number of anilines is 2. The summed E-state index contributed by atoms with van der Waals surface area (Å²) in [7, 11) is 0. The van der Waals surface area contributed by atoms with Crippen molar-refractivity contribution in [3.05, 3.63) is 29.1 Å². The molecular formula is C20H23N3O2S. The van der Waals surface area contributed by atoms with Crippen LogP contribution in [0, 0.1) is 5.92 Å². The molecule has 1 aromatic carbocycles. The fourth-order valence-corrected chi connectivity index (χ4v) is 4.23. The van der Waals surface area contributed by atoms with Crippen LogP contribution in [0.15, 0.2) is 23.6 Å². The molecule has 4 rings (SSSR count). The van der Waals surface area contributed by atoms with Crippen LogP contribution in [0.25, 0.3) is 11.3 Å². The van der Waals surface area contributed by atoms with Crippen LogP contribution in [0.5, 0.6) is 0 Å². The second kappa shape index (κ2) is 7.19. The maximum absolute atomic E-state index is 12.2. The molecule has 2 aliphatic rings. The van der Waals surface area contributed by atoms with Crippen molar-refractivity contribution in [3.8, 4) is 11.3 Å². The number of rotatable bonds is 5. The summed E-state index contributed by atoms with van der Waals surface area (Å²) in [6, 6.07) is 6.17. The quantitative estimate of drug-likeness (QED) is 0.857. The van der Waals surface area contributed by atoms with Gasteiger partial charge in [-0.15, -0.1) is 11.3 Å². The van der Waals surface area contributed by atoms with E-state index >= 15 is 0 Å². The Morgan fingerprint density at radius 1 is 1.35 bits per heavy atom. The Kier molecular flexibility index (Phi) is 4.76. The first-order valence-electron chi connectivity index (χ1n) is 9.35. The molecule has 26 heavy (non-hydrogen) atoms. The van der Waals surface area contributed by atoms with Gasteiger partial charge in [-0.05, 0) is 43.4 Å². The van der Waals surface area contributed by atoms with Crippen LogP contribution in [-0.2, 0) is 16.0 Å². The highest BCUT2D eigenvalue weighted by molar-refractivity contribution is 7.14. The first-order valence-corrected chi connectivity index (χ1v) is 10.2. The third-order valence-electron chi connectivity index (χ3n) is 5.25. The summed E-state index contributed by atoms with van der Waals surface area (Å²) in [4.78, 5) is 30.8. The fraction of sp³-hybridized carbons (Fsp3) is 0.450. The first kappa shape index (κ1) is 17.2. The van der Waals surface area contributed by atoms with Gasteiger partial charge in [-0.25, -0.2) is 4.98 Å². The highest BCUT2D eigenvalue weighted by Crippen LogP contribution is 2.34. The van der Waals surface area contributed by atoms with Crippen LogP contribution in [0.3, 0.4) is 0 Å². The molecule has 1 aromatic heterocycles. The van der Waals surface area contributed by atoms with Crippen LogP contribution >= 0.6 is 11.3 Å². The zero-order valence-corrected chi connectivity index (χ0v) is 15.8. The molecule has 1 N–H and O–H groups in total. The highest BCUT2D eigenvalue weighted by atomic mass is 32.1. The molecule has 0 atom stereocenters. The molecule has 0 bridgehead atoms. The van der Waals surface area contributed by atoms with E-state index in [4.69, 9.17) is 0 Å². The molecule has 0 spiro atoms. The molecular weight excluding hydrogens is 346 g/mol. The number of amides is 2. The lowest BCUT2D eigenvalue weighted by molar-refractivity contribution is -0.122. The van der Waals surface area contributed by atoms with Crippen molar-refractivity contribution in [2.75, 3.05) is 16.8 Å². The SMILES string of the molecule is CCCC(=O)N1CCc2cc(-c3csc(NC(=O)C4CCC4)n3)ccc21. The van der Waals surface area contributed by atoms with Gasteiger partial charge in [-0.2, -0.15) is 0 Å². The predicted molar refractivity (Wildman–Crippen MR) is 104 cm³/mol.